The molecule has 3 aromatic carbocycles. The maximum Gasteiger partial charge on any atom is 0.343 e. The first-order valence-electron chi connectivity index (χ1n) is 8.17. The van der Waals surface area contributed by atoms with Crippen LogP contribution in [0.25, 0.3) is 6.08 Å². The molecule has 4 nitrogen and oxygen atoms in total. The Labute approximate surface area is 162 Å². The van der Waals surface area contributed by atoms with Gasteiger partial charge in [0.15, 0.2) is 0 Å². The van der Waals surface area contributed by atoms with Crippen molar-refractivity contribution in [3.05, 3.63) is 101 Å². The quantitative estimate of drug-likeness (QED) is 0.475. The van der Waals surface area contributed by atoms with Crippen LogP contribution >= 0.6 is 11.6 Å². The van der Waals surface area contributed by atoms with Gasteiger partial charge in [0.25, 0.3) is 5.91 Å². The first-order chi connectivity index (χ1) is 13.1. The average Bonchev–Trinajstić information content (AvgIpc) is 2.69. The summed E-state index contributed by atoms with van der Waals surface area (Å²) in [4.78, 5) is 24.7. The molecule has 27 heavy (non-hydrogen) atoms. The van der Waals surface area contributed by atoms with Crippen LogP contribution in [0.3, 0.4) is 0 Å². The van der Waals surface area contributed by atoms with E-state index in [0.717, 1.165) is 0 Å². The zero-order valence-electron chi connectivity index (χ0n) is 14.3. The number of esters is 1. The van der Waals surface area contributed by atoms with Gasteiger partial charge in [-0.3, -0.25) is 4.79 Å². The number of halogens is 1. The van der Waals surface area contributed by atoms with E-state index in [9.17, 15) is 9.59 Å². The van der Waals surface area contributed by atoms with Gasteiger partial charge in [0.05, 0.1) is 11.3 Å². The van der Waals surface area contributed by atoms with Crippen LogP contribution in [0.4, 0.5) is 5.69 Å². The first-order valence-corrected chi connectivity index (χ1v) is 8.55. The number of amides is 1. The van der Waals surface area contributed by atoms with Gasteiger partial charge in [-0.15, -0.1) is 0 Å². The van der Waals surface area contributed by atoms with Crippen molar-refractivity contribution < 1.29 is 14.3 Å². The number of rotatable bonds is 5. The average molecular weight is 378 g/mol. The third kappa shape index (κ3) is 4.63. The largest absolute Gasteiger partial charge is 0.423 e. The Balaban J connectivity index is 1.82. The van der Waals surface area contributed by atoms with Crippen LogP contribution in [-0.2, 0) is 0 Å². The summed E-state index contributed by atoms with van der Waals surface area (Å²) in [6.07, 6.45) is 1.61. The van der Waals surface area contributed by atoms with Crippen LogP contribution in [0.1, 0.15) is 26.3 Å². The number of hydrogen-bond donors (Lipinski definition) is 1. The molecule has 3 aromatic rings. The molecule has 1 N–H and O–H groups in total. The molecular weight excluding hydrogens is 362 g/mol. The van der Waals surface area contributed by atoms with Crippen LogP contribution in [-0.4, -0.2) is 11.9 Å². The normalized spacial score (nSPS) is 10.1. The van der Waals surface area contributed by atoms with Crippen LogP contribution in [0.5, 0.6) is 5.75 Å². The second-order valence-electron chi connectivity index (χ2n) is 5.67. The molecule has 3 rings (SSSR count). The second-order valence-corrected chi connectivity index (χ2v) is 6.11. The van der Waals surface area contributed by atoms with E-state index < -0.39 is 5.97 Å². The Morgan fingerprint density at radius 3 is 2.37 bits per heavy atom. The molecule has 0 bridgehead atoms. The van der Waals surface area contributed by atoms with Crippen molar-refractivity contribution >= 4 is 35.2 Å². The molecule has 0 heterocycles. The minimum Gasteiger partial charge on any atom is -0.423 e. The Kier molecular flexibility index (Phi) is 5.69. The summed E-state index contributed by atoms with van der Waals surface area (Å²) in [5, 5.41) is 3.27. The molecule has 0 atom stereocenters. The summed E-state index contributed by atoms with van der Waals surface area (Å²) < 4.78 is 5.40. The first kappa shape index (κ1) is 18.4. The van der Waals surface area contributed by atoms with Crippen molar-refractivity contribution in [2.45, 2.75) is 0 Å². The lowest BCUT2D eigenvalue weighted by molar-refractivity contribution is 0.0735. The van der Waals surface area contributed by atoms with E-state index in [4.69, 9.17) is 16.3 Å². The minimum absolute atomic E-state index is 0.316. The van der Waals surface area contributed by atoms with E-state index >= 15 is 0 Å². The number of carbonyl (C=O) groups excluding carboxylic acids is 2. The maximum atomic E-state index is 12.5. The third-order valence-electron chi connectivity index (χ3n) is 3.80. The zero-order chi connectivity index (χ0) is 19.2. The number of nitrogens with one attached hydrogen (secondary N) is 1. The molecule has 5 heteroatoms. The van der Waals surface area contributed by atoms with Gasteiger partial charge in [-0.25, -0.2) is 4.79 Å². The Hall–Kier alpha value is -3.37. The van der Waals surface area contributed by atoms with Crippen molar-refractivity contribution in [1.29, 1.82) is 0 Å². The van der Waals surface area contributed by atoms with E-state index in [1.807, 2.05) is 6.07 Å². The number of anilines is 1. The predicted octanol–water partition coefficient (Wildman–Crippen LogP) is 5.45. The lowest BCUT2D eigenvalue weighted by atomic mass is 10.1. The van der Waals surface area contributed by atoms with Crippen molar-refractivity contribution in [1.82, 2.24) is 0 Å². The standard InChI is InChI=1S/C22H16ClNO3/c1-2-15-11-12-19(27-22(26)16-7-4-3-5-8-16)14-20(15)24-21(25)17-9-6-10-18(23)13-17/h2-14H,1H2,(H,24,25). The van der Waals surface area contributed by atoms with Crippen molar-refractivity contribution in [3.63, 3.8) is 0 Å². The zero-order valence-corrected chi connectivity index (χ0v) is 15.1. The predicted molar refractivity (Wildman–Crippen MR) is 107 cm³/mol. The number of benzene rings is 3. The number of hydrogen-bond acceptors (Lipinski definition) is 3. The summed E-state index contributed by atoms with van der Waals surface area (Å²) in [6, 6.07) is 20.2. The summed E-state index contributed by atoms with van der Waals surface area (Å²) in [6.45, 7) is 3.74. The van der Waals surface area contributed by atoms with Crippen LogP contribution < -0.4 is 10.1 Å². The lowest BCUT2D eigenvalue weighted by Crippen LogP contribution is -2.13. The molecule has 0 aliphatic carbocycles. The Bertz CT molecular complexity index is 999. The summed E-state index contributed by atoms with van der Waals surface area (Å²) in [5.41, 5.74) is 2.04. The van der Waals surface area contributed by atoms with Gasteiger partial charge in [0, 0.05) is 16.7 Å². The van der Waals surface area contributed by atoms with Gasteiger partial charge < -0.3 is 10.1 Å². The molecule has 0 saturated carbocycles. The van der Waals surface area contributed by atoms with E-state index in [1.165, 1.54) is 0 Å². The molecule has 1 amide bonds. The molecular formula is C22H16ClNO3. The van der Waals surface area contributed by atoms with Crippen molar-refractivity contribution in [3.8, 4) is 5.75 Å². The molecule has 0 aliphatic rings. The van der Waals surface area contributed by atoms with Gasteiger partial charge in [-0.1, -0.05) is 48.5 Å². The fourth-order valence-electron chi connectivity index (χ4n) is 2.45. The van der Waals surface area contributed by atoms with E-state index in [0.29, 0.717) is 33.1 Å². The topological polar surface area (TPSA) is 55.4 Å². The summed E-state index contributed by atoms with van der Waals surface area (Å²) in [7, 11) is 0. The number of carbonyl (C=O) groups is 2. The van der Waals surface area contributed by atoms with Crippen LogP contribution in [0.2, 0.25) is 5.02 Å². The van der Waals surface area contributed by atoms with Crippen molar-refractivity contribution in [2.75, 3.05) is 5.32 Å². The summed E-state index contributed by atoms with van der Waals surface area (Å²) in [5.74, 6) is -0.489. The molecule has 0 saturated heterocycles. The lowest BCUT2D eigenvalue weighted by Gasteiger charge is -2.11. The fourth-order valence-corrected chi connectivity index (χ4v) is 2.64. The smallest absolute Gasteiger partial charge is 0.343 e. The van der Waals surface area contributed by atoms with Gasteiger partial charge in [0.2, 0.25) is 0 Å². The molecule has 0 fully saturated rings. The second kappa shape index (κ2) is 8.34. The summed E-state index contributed by atoms with van der Waals surface area (Å²) >= 11 is 5.94. The molecule has 0 spiro atoms. The molecule has 0 unspecified atom stereocenters. The molecule has 0 aliphatic heterocycles. The number of ether oxygens (including phenoxy) is 1. The van der Waals surface area contributed by atoms with Gasteiger partial charge in [0.1, 0.15) is 5.75 Å². The highest BCUT2D eigenvalue weighted by molar-refractivity contribution is 6.31. The highest BCUT2D eigenvalue weighted by Gasteiger charge is 2.12. The molecule has 134 valence electrons. The van der Waals surface area contributed by atoms with Crippen LogP contribution in [0.15, 0.2) is 79.4 Å². The highest BCUT2D eigenvalue weighted by atomic mass is 35.5. The van der Waals surface area contributed by atoms with Gasteiger partial charge >= 0.3 is 5.97 Å². The SMILES string of the molecule is C=Cc1ccc(OC(=O)c2ccccc2)cc1NC(=O)c1cccc(Cl)c1. The monoisotopic (exact) mass is 377 g/mol. The fraction of sp³-hybridized carbons (Fsp3) is 0. The molecule has 0 aromatic heterocycles. The highest BCUT2D eigenvalue weighted by Crippen LogP contribution is 2.25. The van der Waals surface area contributed by atoms with E-state index in [-0.39, 0.29) is 5.91 Å². The van der Waals surface area contributed by atoms with Gasteiger partial charge in [-0.05, 0) is 48.0 Å². The maximum absolute atomic E-state index is 12.5. The van der Waals surface area contributed by atoms with E-state index in [2.05, 4.69) is 11.9 Å². The molecule has 0 radical (unpaired) electrons. The third-order valence-corrected chi connectivity index (χ3v) is 4.03. The van der Waals surface area contributed by atoms with Crippen molar-refractivity contribution in [2.24, 2.45) is 0 Å². The van der Waals surface area contributed by atoms with Crippen LogP contribution in [0, 0.1) is 0 Å². The van der Waals surface area contributed by atoms with E-state index in [1.54, 1.807) is 72.8 Å². The van der Waals surface area contributed by atoms with Gasteiger partial charge in [-0.2, -0.15) is 0 Å². The Morgan fingerprint density at radius 2 is 1.67 bits per heavy atom. The Morgan fingerprint density at radius 1 is 0.926 bits per heavy atom. The minimum atomic E-state index is -0.478.